The van der Waals surface area contributed by atoms with E-state index in [9.17, 15) is 0 Å². The molecule has 0 saturated heterocycles. The van der Waals surface area contributed by atoms with E-state index in [1.807, 2.05) is 36.0 Å². The molecule has 0 unspecified atom stereocenters. The molecule has 1 aromatic rings. The van der Waals surface area contributed by atoms with Crippen molar-refractivity contribution in [1.29, 1.82) is 0 Å². The molecule has 2 heteroatoms. The van der Waals surface area contributed by atoms with Gasteiger partial charge in [-0.15, -0.1) is 0 Å². The summed E-state index contributed by atoms with van der Waals surface area (Å²) in [6, 6.07) is 6.03. The van der Waals surface area contributed by atoms with Crippen molar-refractivity contribution in [1.82, 2.24) is 4.57 Å². The van der Waals surface area contributed by atoms with Crippen LogP contribution in [0.2, 0.25) is 0 Å². The van der Waals surface area contributed by atoms with Gasteiger partial charge in [-0.2, -0.15) is 0 Å². The molecule has 0 bridgehead atoms. The number of pyridine rings is 1. The molecule has 0 saturated carbocycles. The first-order chi connectivity index (χ1) is 3.80. The van der Waals surface area contributed by atoms with Gasteiger partial charge < -0.3 is 0 Å². The molecule has 0 N–H and O–H groups in total. The Balaban J connectivity index is 3.35. The van der Waals surface area contributed by atoms with Crippen LogP contribution in [0.5, 0.6) is 0 Å². The van der Waals surface area contributed by atoms with E-state index in [0.29, 0.717) is 0 Å². The van der Waals surface area contributed by atoms with Gasteiger partial charge in [-0.25, -0.2) is 0 Å². The van der Waals surface area contributed by atoms with Gasteiger partial charge in [0.1, 0.15) is 0 Å². The van der Waals surface area contributed by atoms with E-state index in [1.54, 1.807) is 0 Å². The van der Waals surface area contributed by atoms with Crippen LogP contribution in [-0.2, 0) is 7.05 Å². The third-order valence-corrected chi connectivity index (χ3v) is 1.90. The molecule has 0 aliphatic carbocycles. The van der Waals surface area contributed by atoms with Crippen LogP contribution in [0.1, 0.15) is 0 Å². The molecule has 1 aromatic heterocycles. The molecule has 0 atom stereocenters. The van der Waals surface area contributed by atoms with Crippen molar-refractivity contribution in [3.8, 4) is 0 Å². The van der Waals surface area contributed by atoms with Crippen LogP contribution in [0, 0.1) is 4.19 Å². The van der Waals surface area contributed by atoms with Gasteiger partial charge in [0, 0.05) is 0 Å². The second-order valence-electron chi connectivity index (χ2n) is 1.65. The molecule has 0 fully saturated rings. The van der Waals surface area contributed by atoms with E-state index >= 15 is 0 Å². The van der Waals surface area contributed by atoms with Crippen molar-refractivity contribution in [2.45, 2.75) is 0 Å². The average Bonchev–Trinajstić information content (AvgIpc) is 1.77. The van der Waals surface area contributed by atoms with Crippen molar-refractivity contribution in [3.63, 3.8) is 0 Å². The van der Waals surface area contributed by atoms with E-state index in [4.69, 9.17) is 0 Å². The van der Waals surface area contributed by atoms with Crippen LogP contribution in [0.4, 0.5) is 0 Å². The Hall–Kier alpha value is -0.331. The Morgan fingerprint density at radius 3 is 2.62 bits per heavy atom. The van der Waals surface area contributed by atoms with Crippen molar-refractivity contribution in [3.05, 3.63) is 28.6 Å². The second kappa shape index (κ2) is 2.29. The zero-order valence-electron chi connectivity index (χ0n) is 4.66. The fraction of sp³-hybridized carbons (Fsp3) is 0.167. The normalized spacial score (nSPS) is 9.12. The molecular formula is C6H7NSe. The molecular weight excluding hydrogens is 165 g/mol. The van der Waals surface area contributed by atoms with Crippen LogP contribution in [0.15, 0.2) is 24.4 Å². The Kier molecular flexibility index (Phi) is 1.66. The summed E-state index contributed by atoms with van der Waals surface area (Å²) in [6.07, 6.45) is 2.01. The summed E-state index contributed by atoms with van der Waals surface area (Å²) in [6.45, 7) is 0. The van der Waals surface area contributed by atoms with Gasteiger partial charge >= 0.3 is 55.8 Å². The summed E-state index contributed by atoms with van der Waals surface area (Å²) >= 11 is 2.93. The van der Waals surface area contributed by atoms with Crippen LogP contribution >= 0.6 is 0 Å². The zero-order valence-corrected chi connectivity index (χ0v) is 6.38. The fourth-order valence-corrected chi connectivity index (χ4v) is 0.800. The first-order valence-electron chi connectivity index (χ1n) is 2.42. The van der Waals surface area contributed by atoms with Gasteiger partial charge in [0.25, 0.3) is 0 Å². The van der Waals surface area contributed by atoms with E-state index < -0.39 is 0 Å². The summed E-state index contributed by atoms with van der Waals surface area (Å²) in [4.78, 5) is 0. The Labute approximate surface area is 56.3 Å². The molecule has 0 aliphatic heterocycles. The van der Waals surface area contributed by atoms with Gasteiger partial charge in [-0.1, -0.05) is 0 Å². The Morgan fingerprint density at radius 2 is 2.25 bits per heavy atom. The molecule has 0 amide bonds. The fourth-order valence-electron chi connectivity index (χ4n) is 0.508. The number of hydrogen-bond acceptors (Lipinski definition) is 0. The minimum absolute atomic E-state index is 1.16. The monoisotopic (exact) mass is 173 g/mol. The van der Waals surface area contributed by atoms with E-state index in [0.717, 1.165) is 4.19 Å². The van der Waals surface area contributed by atoms with Crippen LogP contribution in [-0.4, -0.2) is 20.1 Å². The van der Waals surface area contributed by atoms with Crippen molar-refractivity contribution in [2.75, 3.05) is 0 Å². The molecule has 8 heavy (non-hydrogen) atoms. The van der Waals surface area contributed by atoms with Gasteiger partial charge in [0.15, 0.2) is 0 Å². The average molecular weight is 172 g/mol. The molecule has 1 heterocycles. The van der Waals surface area contributed by atoms with E-state index in [1.165, 1.54) is 0 Å². The third kappa shape index (κ3) is 1.09. The predicted molar refractivity (Wildman–Crippen MR) is 34.4 cm³/mol. The third-order valence-electron chi connectivity index (χ3n) is 1.01. The molecule has 0 aliphatic rings. The van der Waals surface area contributed by atoms with Crippen molar-refractivity contribution < 1.29 is 0 Å². The van der Waals surface area contributed by atoms with Gasteiger partial charge in [-0.05, 0) is 0 Å². The molecule has 42 valence electrons. The Morgan fingerprint density at radius 1 is 1.50 bits per heavy atom. The van der Waals surface area contributed by atoms with Crippen LogP contribution in [0.25, 0.3) is 0 Å². The maximum atomic E-state index is 2.93. The van der Waals surface area contributed by atoms with E-state index in [2.05, 4.69) is 15.6 Å². The Bertz CT molecular complexity index is 226. The zero-order chi connectivity index (χ0) is 5.98. The summed E-state index contributed by atoms with van der Waals surface area (Å²) in [5.41, 5.74) is 0. The topological polar surface area (TPSA) is 4.93 Å². The maximum absolute atomic E-state index is 2.93. The summed E-state index contributed by atoms with van der Waals surface area (Å²) in [7, 11) is 2.01. The minimum atomic E-state index is 1.16. The standard InChI is InChI=1S/C6H7NSe/c1-7-5-3-2-4-6(7)8/h2-5H,1H3. The SMILES string of the molecule is Cn1ccccc1=[Se]. The second-order valence-corrected chi connectivity index (χ2v) is 2.53. The molecule has 0 aromatic carbocycles. The first kappa shape index (κ1) is 5.80. The summed E-state index contributed by atoms with van der Waals surface area (Å²) < 4.78 is 3.19. The predicted octanol–water partition coefficient (Wildman–Crippen LogP) is 0.726. The number of hydrogen-bond donors (Lipinski definition) is 0. The number of nitrogens with zero attached hydrogens (tertiary/aromatic N) is 1. The van der Waals surface area contributed by atoms with Crippen LogP contribution in [0.3, 0.4) is 0 Å². The number of aryl methyl sites for hydroxylation is 1. The van der Waals surface area contributed by atoms with Gasteiger partial charge in [-0.3, -0.25) is 0 Å². The van der Waals surface area contributed by atoms with Crippen LogP contribution < -0.4 is 0 Å². The van der Waals surface area contributed by atoms with Crippen molar-refractivity contribution in [2.24, 2.45) is 7.05 Å². The van der Waals surface area contributed by atoms with Gasteiger partial charge in [0.2, 0.25) is 0 Å². The van der Waals surface area contributed by atoms with E-state index in [-0.39, 0.29) is 0 Å². The number of aromatic nitrogens is 1. The number of rotatable bonds is 0. The molecule has 0 spiro atoms. The van der Waals surface area contributed by atoms with Crippen molar-refractivity contribution >= 4 is 15.6 Å². The summed E-state index contributed by atoms with van der Waals surface area (Å²) in [5, 5.41) is 0. The molecule has 0 radical (unpaired) electrons. The summed E-state index contributed by atoms with van der Waals surface area (Å²) in [5.74, 6) is 0. The first-order valence-corrected chi connectivity index (χ1v) is 3.28. The van der Waals surface area contributed by atoms with Gasteiger partial charge in [0.05, 0.1) is 0 Å². The quantitative estimate of drug-likeness (QED) is 0.508. The molecule has 1 nitrogen and oxygen atoms in total. The molecule has 1 rings (SSSR count).